The molecule has 0 aliphatic rings. The van der Waals surface area contributed by atoms with Gasteiger partial charge in [-0.2, -0.15) is 0 Å². The maximum absolute atomic E-state index is 6.13. The molecular weight excluding hydrogens is 377 g/mol. The standard InChI is InChI=1S/C17H15Cl2N5S/c1-11-5-2-3-6-12(11)9-24-10-20-16(23-24)22-17(25)21-14-8-4-7-13(18)15(14)19/h2-8,10H,9H2,1H3,(H2,21,22,23,25). The topological polar surface area (TPSA) is 54.8 Å². The molecule has 1 aromatic heterocycles. The molecule has 5 nitrogen and oxygen atoms in total. The summed E-state index contributed by atoms with van der Waals surface area (Å²) in [5.74, 6) is 0.407. The van der Waals surface area contributed by atoms with Crippen molar-refractivity contribution < 1.29 is 0 Å². The minimum Gasteiger partial charge on any atom is -0.331 e. The second kappa shape index (κ2) is 7.82. The average molecular weight is 392 g/mol. The molecule has 0 aliphatic heterocycles. The van der Waals surface area contributed by atoms with Crippen molar-refractivity contribution in [3.05, 3.63) is 70.0 Å². The lowest BCUT2D eigenvalue weighted by Gasteiger charge is -2.10. The SMILES string of the molecule is Cc1ccccc1Cn1cnc(NC(=S)Nc2cccc(Cl)c2Cl)n1. The highest BCUT2D eigenvalue weighted by Crippen LogP contribution is 2.29. The predicted octanol–water partition coefficient (Wildman–Crippen LogP) is 4.75. The zero-order valence-electron chi connectivity index (χ0n) is 13.3. The van der Waals surface area contributed by atoms with Crippen LogP contribution in [0.5, 0.6) is 0 Å². The number of hydrogen-bond acceptors (Lipinski definition) is 3. The van der Waals surface area contributed by atoms with E-state index in [9.17, 15) is 0 Å². The van der Waals surface area contributed by atoms with Crippen LogP contribution < -0.4 is 10.6 Å². The van der Waals surface area contributed by atoms with Crippen LogP contribution in [-0.4, -0.2) is 19.9 Å². The van der Waals surface area contributed by atoms with Crippen LogP contribution in [0.1, 0.15) is 11.1 Å². The fraction of sp³-hybridized carbons (Fsp3) is 0.118. The number of hydrogen-bond donors (Lipinski definition) is 2. The van der Waals surface area contributed by atoms with Crippen molar-refractivity contribution in [2.24, 2.45) is 0 Å². The summed E-state index contributed by atoms with van der Waals surface area (Å²) in [5, 5.41) is 11.5. The predicted molar refractivity (Wildman–Crippen MR) is 107 cm³/mol. The third-order valence-corrected chi connectivity index (χ3v) is 4.58. The Hall–Kier alpha value is -2.15. The molecule has 3 rings (SSSR count). The molecule has 25 heavy (non-hydrogen) atoms. The number of aryl methyl sites for hydroxylation is 1. The van der Waals surface area contributed by atoms with Gasteiger partial charge in [-0.05, 0) is 42.4 Å². The van der Waals surface area contributed by atoms with Crippen molar-refractivity contribution >= 4 is 52.2 Å². The third-order valence-electron chi connectivity index (χ3n) is 3.56. The zero-order valence-corrected chi connectivity index (χ0v) is 15.7. The van der Waals surface area contributed by atoms with Crippen LogP contribution in [0.3, 0.4) is 0 Å². The van der Waals surface area contributed by atoms with Crippen molar-refractivity contribution in [3.63, 3.8) is 0 Å². The summed E-state index contributed by atoms with van der Waals surface area (Å²) in [6, 6.07) is 13.4. The monoisotopic (exact) mass is 391 g/mol. The molecule has 0 amide bonds. The molecule has 0 unspecified atom stereocenters. The summed E-state index contributed by atoms with van der Waals surface area (Å²) in [6.07, 6.45) is 1.66. The van der Waals surface area contributed by atoms with E-state index in [1.807, 2.05) is 12.1 Å². The van der Waals surface area contributed by atoms with E-state index in [1.165, 1.54) is 11.1 Å². The Labute approximate surface area is 161 Å². The van der Waals surface area contributed by atoms with Gasteiger partial charge in [0.05, 0.1) is 22.3 Å². The van der Waals surface area contributed by atoms with Gasteiger partial charge in [-0.1, -0.05) is 53.5 Å². The minimum atomic E-state index is 0.331. The van der Waals surface area contributed by atoms with Crippen molar-refractivity contribution in [3.8, 4) is 0 Å². The van der Waals surface area contributed by atoms with E-state index in [-0.39, 0.29) is 0 Å². The van der Waals surface area contributed by atoms with Gasteiger partial charge in [0.25, 0.3) is 0 Å². The molecule has 0 saturated heterocycles. The Morgan fingerprint density at radius 1 is 1.12 bits per heavy atom. The molecule has 3 aromatic rings. The molecule has 2 aromatic carbocycles. The number of aromatic nitrogens is 3. The number of nitrogens with one attached hydrogen (secondary N) is 2. The highest BCUT2D eigenvalue weighted by atomic mass is 35.5. The summed E-state index contributed by atoms with van der Waals surface area (Å²) in [7, 11) is 0. The maximum atomic E-state index is 6.13. The number of nitrogens with zero attached hydrogens (tertiary/aromatic N) is 3. The van der Waals surface area contributed by atoms with Crippen LogP contribution in [0, 0.1) is 6.92 Å². The smallest absolute Gasteiger partial charge is 0.248 e. The average Bonchev–Trinajstić information content (AvgIpc) is 3.01. The number of thiocarbonyl (C=S) groups is 1. The molecule has 2 N–H and O–H groups in total. The van der Waals surface area contributed by atoms with Gasteiger partial charge >= 0.3 is 0 Å². The van der Waals surface area contributed by atoms with Crippen LogP contribution in [0.15, 0.2) is 48.8 Å². The van der Waals surface area contributed by atoms with Crippen LogP contribution in [0.4, 0.5) is 11.6 Å². The van der Waals surface area contributed by atoms with E-state index in [4.69, 9.17) is 35.4 Å². The third kappa shape index (κ3) is 4.48. The van der Waals surface area contributed by atoms with Gasteiger partial charge in [0.1, 0.15) is 6.33 Å². The first-order valence-corrected chi connectivity index (χ1v) is 8.65. The van der Waals surface area contributed by atoms with Crippen molar-refractivity contribution in [1.82, 2.24) is 14.8 Å². The maximum Gasteiger partial charge on any atom is 0.248 e. The van der Waals surface area contributed by atoms with Gasteiger partial charge in [0.2, 0.25) is 5.95 Å². The van der Waals surface area contributed by atoms with E-state index in [2.05, 4.69) is 39.8 Å². The van der Waals surface area contributed by atoms with Crippen LogP contribution in [-0.2, 0) is 6.54 Å². The van der Waals surface area contributed by atoms with E-state index >= 15 is 0 Å². The largest absolute Gasteiger partial charge is 0.331 e. The Balaban J connectivity index is 1.64. The van der Waals surface area contributed by atoms with Crippen LogP contribution in [0.2, 0.25) is 10.0 Å². The molecular formula is C17H15Cl2N5S. The summed E-state index contributed by atoms with van der Waals surface area (Å²) in [5.41, 5.74) is 3.01. The lowest BCUT2D eigenvalue weighted by molar-refractivity contribution is 0.684. The van der Waals surface area contributed by atoms with E-state index in [0.717, 1.165) is 0 Å². The molecule has 0 radical (unpaired) electrons. The second-order valence-corrected chi connectivity index (χ2v) is 6.57. The summed E-state index contributed by atoms with van der Waals surface area (Å²) in [4.78, 5) is 4.22. The first-order chi connectivity index (χ1) is 12.0. The lowest BCUT2D eigenvalue weighted by atomic mass is 10.1. The lowest BCUT2D eigenvalue weighted by Crippen LogP contribution is -2.20. The number of rotatable bonds is 4. The van der Waals surface area contributed by atoms with Gasteiger partial charge < -0.3 is 5.32 Å². The molecule has 1 heterocycles. The minimum absolute atomic E-state index is 0.331. The fourth-order valence-electron chi connectivity index (χ4n) is 2.25. The normalized spacial score (nSPS) is 10.5. The van der Waals surface area contributed by atoms with Gasteiger partial charge in [-0.25, -0.2) is 9.67 Å². The molecule has 8 heteroatoms. The van der Waals surface area contributed by atoms with Gasteiger partial charge in [-0.15, -0.1) is 5.10 Å². The van der Waals surface area contributed by atoms with Crippen LogP contribution in [0.25, 0.3) is 0 Å². The highest BCUT2D eigenvalue weighted by molar-refractivity contribution is 7.80. The molecule has 0 spiro atoms. The highest BCUT2D eigenvalue weighted by Gasteiger charge is 2.08. The molecule has 128 valence electrons. The molecule has 0 aliphatic carbocycles. The summed E-state index contributed by atoms with van der Waals surface area (Å²) < 4.78 is 1.75. The summed E-state index contributed by atoms with van der Waals surface area (Å²) >= 11 is 17.4. The quantitative estimate of drug-likeness (QED) is 0.628. The first kappa shape index (κ1) is 17.7. The Morgan fingerprint density at radius 3 is 2.72 bits per heavy atom. The van der Waals surface area contributed by atoms with Crippen LogP contribution >= 0.6 is 35.4 Å². The van der Waals surface area contributed by atoms with E-state index in [0.29, 0.717) is 33.3 Å². The zero-order chi connectivity index (χ0) is 17.8. The Bertz CT molecular complexity index is 910. The second-order valence-electron chi connectivity index (χ2n) is 5.37. The molecule has 0 atom stereocenters. The van der Waals surface area contributed by atoms with Gasteiger partial charge in [0, 0.05) is 0 Å². The van der Waals surface area contributed by atoms with Crippen molar-refractivity contribution in [2.75, 3.05) is 10.6 Å². The Kier molecular flexibility index (Phi) is 5.53. The first-order valence-electron chi connectivity index (χ1n) is 7.49. The molecule has 0 saturated carbocycles. The number of anilines is 2. The van der Waals surface area contributed by atoms with Crippen molar-refractivity contribution in [1.29, 1.82) is 0 Å². The molecule has 0 bridgehead atoms. The Morgan fingerprint density at radius 2 is 1.92 bits per heavy atom. The summed E-state index contributed by atoms with van der Waals surface area (Å²) in [6.45, 7) is 2.71. The van der Waals surface area contributed by atoms with Gasteiger partial charge in [0.15, 0.2) is 5.11 Å². The van der Waals surface area contributed by atoms with E-state index in [1.54, 1.807) is 29.2 Å². The van der Waals surface area contributed by atoms with Gasteiger partial charge in [-0.3, -0.25) is 5.32 Å². The fourth-order valence-corrected chi connectivity index (χ4v) is 2.79. The van der Waals surface area contributed by atoms with E-state index < -0.39 is 0 Å². The van der Waals surface area contributed by atoms with Crippen molar-refractivity contribution in [2.45, 2.75) is 13.5 Å². The number of halogens is 2. The molecule has 0 fully saturated rings. The number of benzene rings is 2.